The van der Waals surface area contributed by atoms with Crippen LogP contribution in [0.15, 0.2) is 24.3 Å². The third-order valence-corrected chi connectivity index (χ3v) is 3.27. The number of benzene rings is 1. The highest BCUT2D eigenvalue weighted by molar-refractivity contribution is 5.89. The standard InChI is InChI=1S/C13H18N4O3/c1-9-7-11(5-6-14-9)16-13(18)15-10-3-2-4-12(8-10)17(19)20/h2-4,8-9,11,14H,5-7H2,1H3,(H2,15,16,18). The zero-order valence-electron chi connectivity index (χ0n) is 11.3. The minimum absolute atomic E-state index is 0.0433. The fourth-order valence-corrected chi connectivity index (χ4v) is 2.31. The molecule has 2 rings (SSSR count). The van der Waals surface area contributed by atoms with Crippen molar-refractivity contribution in [1.82, 2.24) is 10.6 Å². The topological polar surface area (TPSA) is 96.3 Å². The van der Waals surface area contributed by atoms with Gasteiger partial charge in [-0.05, 0) is 32.4 Å². The molecule has 3 N–H and O–H groups in total. The van der Waals surface area contributed by atoms with Crippen LogP contribution in [-0.4, -0.2) is 29.6 Å². The van der Waals surface area contributed by atoms with Gasteiger partial charge in [0.1, 0.15) is 0 Å². The summed E-state index contributed by atoms with van der Waals surface area (Å²) in [5, 5.41) is 19.5. The summed E-state index contributed by atoms with van der Waals surface area (Å²) >= 11 is 0. The van der Waals surface area contributed by atoms with Crippen LogP contribution in [0.1, 0.15) is 19.8 Å². The Kier molecular flexibility index (Phi) is 4.52. The molecule has 1 heterocycles. The van der Waals surface area contributed by atoms with Crippen LogP contribution in [0.4, 0.5) is 16.2 Å². The molecular weight excluding hydrogens is 260 g/mol. The Bertz CT molecular complexity index is 506. The van der Waals surface area contributed by atoms with Crippen molar-refractivity contribution in [1.29, 1.82) is 0 Å². The number of piperidine rings is 1. The second-order valence-corrected chi connectivity index (χ2v) is 4.98. The average Bonchev–Trinajstić information content (AvgIpc) is 2.38. The molecular formula is C13H18N4O3. The van der Waals surface area contributed by atoms with E-state index >= 15 is 0 Å². The zero-order chi connectivity index (χ0) is 14.5. The lowest BCUT2D eigenvalue weighted by Crippen LogP contribution is -2.47. The molecule has 1 aromatic rings. The Hall–Kier alpha value is -2.15. The van der Waals surface area contributed by atoms with Crippen molar-refractivity contribution >= 4 is 17.4 Å². The maximum absolute atomic E-state index is 11.9. The SMILES string of the molecule is CC1CC(NC(=O)Nc2cccc([N+](=O)[O-])c2)CCN1. The van der Waals surface area contributed by atoms with Gasteiger partial charge in [0.05, 0.1) is 4.92 Å². The number of urea groups is 1. The van der Waals surface area contributed by atoms with Crippen molar-refractivity contribution in [2.45, 2.75) is 31.8 Å². The fourth-order valence-electron chi connectivity index (χ4n) is 2.31. The van der Waals surface area contributed by atoms with Gasteiger partial charge in [-0.2, -0.15) is 0 Å². The zero-order valence-corrected chi connectivity index (χ0v) is 11.3. The summed E-state index contributed by atoms with van der Waals surface area (Å²) in [5.41, 5.74) is 0.372. The van der Waals surface area contributed by atoms with E-state index in [-0.39, 0.29) is 17.8 Å². The van der Waals surface area contributed by atoms with E-state index in [2.05, 4.69) is 22.9 Å². The van der Waals surface area contributed by atoms with Crippen LogP contribution in [0.3, 0.4) is 0 Å². The molecule has 2 amide bonds. The number of hydrogen-bond acceptors (Lipinski definition) is 4. The van der Waals surface area contributed by atoms with Crippen molar-refractivity contribution in [3.63, 3.8) is 0 Å². The highest BCUT2D eigenvalue weighted by Gasteiger charge is 2.20. The molecule has 0 spiro atoms. The third-order valence-electron chi connectivity index (χ3n) is 3.27. The quantitative estimate of drug-likeness (QED) is 0.580. The van der Waals surface area contributed by atoms with Crippen molar-refractivity contribution < 1.29 is 9.72 Å². The molecule has 1 fully saturated rings. The smallest absolute Gasteiger partial charge is 0.319 e. The Balaban J connectivity index is 1.91. The summed E-state index contributed by atoms with van der Waals surface area (Å²) in [6, 6.07) is 6.07. The van der Waals surface area contributed by atoms with Crippen molar-refractivity contribution in [3.8, 4) is 0 Å². The molecule has 7 nitrogen and oxygen atoms in total. The number of rotatable bonds is 3. The minimum atomic E-state index is -0.489. The minimum Gasteiger partial charge on any atom is -0.335 e. The largest absolute Gasteiger partial charge is 0.335 e. The number of carbonyl (C=O) groups is 1. The molecule has 0 radical (unpaired) electrons. The molecule has 2 atom stereocenters. The number of non-ortho nitro benzene ring substituents is 1. The van der Waals surface area contributed by atoms with E-state index in [1.807, 2.05) is 0 Å². The summed E-state index contributed by atoms with van der Waals surface area (Å²) < 4.78 is 0. The van der Waals surface area contributed by atoms with Crippen molar-refractivity contribution in [2.75, 3.05) is 11.9 Å². The van der Waals surface area contributed by atoms with Crippen molar-refractivity contribution in [3.05, 3.63) is 34.4 Å². The Labute approximate surface area is 116 Å². The number of amides is 2. The summed E-state index contributed by atoms with van der Waals surface area (Å²) in [6.45, 7) is 2.95. The van der Waals surface area contributed by atoms with Crippen molar-refractivity contribution in [2.24, 2.45) is 0 Å². The molecule has 1 aromatic carbocycles. The van der Waals surface area contributed by atoms with E-state index in [0.717, 1.165) is 19.4 Å². The predicted octanol–water partition coefficient (Wildman–Crippen LogP) is 1.86. The Morgan fingerprint density at radius 2 is 2.30 bits per heavy atom. The Morgan fingerprint density at radius 1 is 1.50 bits per heavy atom. The molecule has 0 bridgehead atoms. The molecule has 108 valence electrons. The Morgan fingerprint density at radius 3 is 3.00 bits per heavy atom. The summed E-state index contributed by atoms with van der Waals surface area (Å²) in [5.74, 6) is 0. The number of anilines is 1. The van der Waals surface area contributed by atoms with Gasteiger partial charge < -0.3 is 16.0 Å². The normalized spacial score (nSPS) is 22.1. The van der Waals surface area contributed by atoms with Crippen LogP contribution >= 0.6 is 0 Å². The molecule has 7 heteroatoms. The van der Waals surface area contributed by atoms with Gasteiger partial charge in [0.15, 0.2) is 0 Å². The van der Waals surface area contributed by atoms with E-state index in [1.165, 1.54) is 12.1 Å². The lowest BCUT2D eigenvalue weighted by Gasteiger charge is -2.28. The summed E-state index contributed by atoms with van der Waals surface area (Å²) in [4.78, 5) is 22.0. The first-order valence-corrected chi connectivity index (χ1v) is 6.60. The predicted molar refractivity (Wildman–Crippen MR) is 75.7 cm³/mol. The first kappa shape index (κ1) is 14.3. The molecule has 0 aliphatic carbocycles. The van der Waals surface area contributed by atoms with Gasteiger partial charge in [-0.15, -0.1) is 0 Å². The second-order valence-electron chi connectivity index (χ2n) is 4.98. The molecule has 0 saturated carbocycles. The fraction of sp³-hybridized carbons (Fsp3) is 0.462. The van der Waals surface area contributed by atoms with E-state index in [9.17, 15) is 14.9 Å². The van der Waals surface area contributed by atoms with E-state index in [4.69, 9.17) is 0 Å². The van der Waals surface area contributed by atoms with Crippen LogP contribution in [0.25, 0.3) is 0 Å². The number of carbonyl (C=O) groups excluding carboxylic acids is 1. The van der Waals surface area contributed by atoms with Gasteiger partial charge in [-0.1, -0.05) is 6.07 Å². The van der Waals surface area contributed by atoms with E-state index < -0.39 is 4.92 Å². The first-order valence-electron chi connectivity index (χ1n) is 6.60. The van der Waals surface area contributed by atoms with Gasteiger partial charge in [0, 0.05) is 29.9 Å². The van der Waals surface area contributed by atoms with Gasteiger partial charge >= 0.3 is 6.03 Å². The maximum atomic E-state index is 11.9. The van der Waals surface area contributed by atoms with Gasteiger partial charge in [0.2, 0.25) is 0 Å². The van der Waals surface area contributed by atoms with Crippen LogP contribution in [0.5, 0.6) is 0 Å². The van der Waals surface area contributed by atoms with E-state index in [0.29, 0.717) is 11.7 Å². The molecule has 1 saturated heterocycles. The van der Waals surface area contributed by atoms with Gasteiger partial charge in [-0.3, -0.25) is 10.1 Å². The number of nitro benzene ring substituents is 1. The summed E-state index contributed by atoms with van der Waals surface area (Å²) in [7, 11) is 0. The van der Waals surface area contributed by atoms with Crippen LogP contribution in [-0.2, 0) is 0 Å². The lowest BCUT2D eigenvalue weighted by molar-refractivity contribution is -0.384. The molecule has 20 heavy (non-hydrogen) atoms. The average molecular weight is 278 g/mol. The number of nitrogens with one attached hydrogen (secondary N) is 3. The van der Waals surface area contributed by atoms with E-state index in [1.54, 1.807) is 12.1 Å². The molecule has 1 aliphatic rings. The highest BCUT2D eigenvalue weighted by Crippen LogP contribution is 2.17. The monoisotopic (exact) mass is 278 g/mol. The molecule has 0 aromatic heterocycles. The third kappa shape index (κ3) is 3.92. The number of hydrogen-bond donors (Lipinski definition) is 3. The van der Waals surface area contributed by atoms with Crippen LogP contribution in [0.2, 0.25) is 0 Å². The van der Waals surface area contributed by atoms with Gasteiger partial charge in [0.25, 0.3) is 5.69 Å². The first-order chi connectivity index (χ1) is 9.54. The highest BCUT2D eigenvalue weighted by atomic mass is 16.6. The molecule has 1 aliphatic heterocycles. The second kappa shape index (κ2) is 6.33. The number of nitrogens with zero attached hydrogens (tertiary/aromatic N) is 1. The maximum Gasteiger partial charge on any atom is 0.319 e. The van der Waals surface area contributed by atoms with Crippen LogP contribution in [0, 0.1) is 10.1 Å². The van der Waals surface area contributed by atoms with Gasteiger partial charge in [-0.25, -0.2) is 4.79 Å². The molecule has 2 unspecified atom stereocenters. The summed E-state index contributed by atoms with van der Waals surface area (Å²) in [6.07, 6.45) is 1.76. The number of nitro groups is 1. The lowest BCUT2D eigenvalue weighted by atomic mass is 10.0. The van der Waals surface area contributed by atoms with Crippen LogP contribution < -0.4 is 16.0 Å².